The summed E-state index contributed by atoms with van der Waals surface area (Å²) in [5.41, 5.74) is 0.721. The first kappa shape index (κ1) is 10.5. The second-order valence-electron chi connectivity index (χ2n) is 3.64. The molecule has 1 heterocycles. The lowest BCUT2D eigenvalue weighted by Crippen LogP contribution is -2.38. The summed E-state index contributed by atoms with van der Waals surface area (Å²) in [6, 6.07) is 5.49. The third-order valence-electron chi connectivity index (χ3n) is 2.32. The van der Waals surface area contributed by atoms with E-state index in [1.165, 1.54) is 4.31 Å². The van der Waals surface area contributed by atoms with Gasteiger partial charge in [-0.2, -0.15) is 12.7 Å². The number of rotatable bonds is 4. The lowest BCUT2D eigenvalue weighted by molar-refractivity contribution is 0.395. The Morgan fingerprint density at radius 2 is 2.20 bits per heavy atom. The van der Waals surface area contributed by atoms with Crippen LogP contribution in [0.5, 0.6) is 0 Å². The molecule has 2 rings (SSSR count). The summed E-state index contributed by atoms with van der Waals surface area (Å²) >= 11 is 0. The van der Waals surface area contributed by atoms with Crippen LogP contribution >= 0.6 is 0 Å². The van der Waals surface area contributed by atoms with Gasteiger partial charge in [-0.1, -0.05) is 6.07 Å². The molecule has 5 nitrogen and oxygen atoms in total. The van der Waals surface area contributed by atoms with Gasteiger partial charge in [0.1, 0.15) is 0 Å². The SMILES string of the molecule is NS(=O)(=O)N(Cc1ccccn1)C1CC1. The molecule has 0 atom stereocenters. The van der Waals surface area contributed by atoms with Crippen LogP contribution in [0.2, 0.25) is 0 Å². The van der Waals surface area contributed by atoms with Crippen molar-refractivity contribution in [2.45, 2.75) is 25.4 Å². The summed E-state index contributed by atoms with van der Waals surface area (Å²) in [4.78, 5) is 4.08. The highest BCUT2D eigenvalue weighted by Gasteiger charge is 2.35. The van der Waals surface area contributed by atoms with E-state index in [1.54, 1.807) is 18.3 Å². The molecule has 0 unspecified atom stereocenters. The summed E-state index contributed by atoms with van der Waals surface area (Å²) in [5.74, 6) is 0. The molecule has 0 aromatic carbocycles. The summed E-state index contributed by atoms with van der Waals surface area (Å²) in [6.45, 7) is 0.268. The predicted octanol–water partition coefficient (Wildman–Crippen LogP) is 0.250. The lowest BCUT2D eigenvalue weighted by atomic mass is 10.3. The van der Waals surface area contributed by atoms with Crippen LogP contribution in [-0.4, -0.2) is 23.7 Å². The summed E-state index contributed by atoms with van der Waals surface area (Å²) in [6.07, 6.45) is 3.43. The minimum atomic E-state index is -3.61. The van der Waals surface area contributed by atoms with Gasteiger partial charge in [-0.15, -0.1) is 0 Å². The fourth-order valence-corrected chi connectivity index (χ4v) is 2.38. The minimum absolute atomic E-state index is 0.0713. The summed E-state index contributed by atoms with van der Waals surface area (Å²) in [7, 11) is -3.61. The fraction of sp³-hybridized carbons (Fsp3) is 0.444. The predicted molar refractivity (Wildman–Crippen MR) is 55.9 cm³/mol. The van der Waals surface area contributed by atoms with Crippen molar-refractivity contribution in [1.29, 1.82) is 0 Å². The molecule has 0 radical (unpaired) electrons. The van der Waals surface area contributed by atoms with Gasteiger partial charge in [0, 0.05) is 12.2 Å². The Kier molecular flexibility index (Phi) is 2.72. The third-order valence-corrected chi connectivity index (χ3v) is 3.41. The molecule has 0 amide bonds. The van der Waals surface area contributed by atoms with Crippen LogP contribution in [0.1, 0.15) is 18.5 Å². The van der Waals surface area contributed by atoms with E-state index in [1.807, 2.05) is 6.07 Å². The number of nitrogens with zero attached hydrogens (tertiary/aromatic N) is 2. The molecular weight excluding hydrogens is 214 g/mol. The molecule has 1 fully saturated rings. The Morgan fingerprint density at radius 1 is 1.47 bits per heavy atom. The maximum atomic E-state index is 11.3. The van der Waals surface area contributed by atoms with Gasteiger partial charge in [-0.05, 0) is 25.0 Å². The van der Waals surface area contributed by atoms with Crippen molar-refractivity contribution in [2.75, 3.05) is 0 Å². The van der Waals surface area contributed by atoms with Crippen molar-refractivity contribution in [3.63, 3.8) is 0 Å². The molecule has 1 saturated carbocycles. The molecule has 1 aromatic heterocycles. The fourth-order valence-electron chi connectivity index (χ4n) is 1.44. The molecule has 6 heteroatoms. The summed E-state index contributed by atoms with van der Waals surface area (Å²) in [5, 5.41) is 5.14. The maximum absolute atomic E-state index is 11.3. The number of hydrogen-bond donors (Lipinski definition) is 1. The van der Waals surface area contributed by atoms with Gasteiger partial charge in [0.25, 0.3) is 10.2 Å². The van der Waals surface area contributed by atoms with Crippen LogP contribution in [0, 0.1) is 0 Å². The first-order valence-electron chi connectivity index (χ1n) is 4.77. The number of nitrogens with two attached hydrogens (primary N) is 1. The lowest BCUT2D eigenvalue weighted by Gasteiger charge is -2.17. The van der Waals surface area contributed by atoms with E-state index in [-0.39, 0.29) is 12.6 Å². The van der Waals surface area contributed by atoms with Crippen LogP contribution in [0.3, 0.4) is 0 Å². The average molecular weight is 227 g/mol. The standard InChI is InChI=1S/C9H13N3O2S/c10-15(13,14)12(9-4-5-9)7-8-3-1-2-6-11-8/h1-3,6,9H,4-5,7H2,(H2,10,13,14). The topological polar surface area (TPSA) is 76.3 Å². The van der Waals surface area contributed by atoms with E-state index >= 15 is 0 Å². The normalized spacial score (nSPS) is 16.9. The van der Waals surface area contributed by atoms with Crippen LogP contribution in [-0.2, 0) is 16.8 Å². The molecule has 0 spiro atoms. The Hall–Kier alpha value is -0.980. The molecule has 2 N–H and O–H groups in total. The van der Waals surface area contributed by atoms with Gasteiger partial charge >= 0.3 is 0 Å². The molecule has 0 aliphatic heterocycles. The number of pyridine rings is 1. The molecule has 0 bridgehead atoms. The van der Waals surface area contributed by atoms with Crippen LogP contribution in [0.15, 0.2) is 24.4 Å². The molecule has 15 heavy (non-hydrogen) atoms. The molecule has 0 saturated heterocycles. The monoisotopic (exact) mass is 227 g/mol. The molecule has 82 valence electrons. The van der Waals surface area contributed by atoms with Crippen molar-refractivity contribution in [3.8, 4) is 0 Å². The van der Waals surface area contributed by atoms with E-state index in [0.29, 0.717) is 0 Å². The zero-order chi connectivity index (χ0) is 10.9. The van der Waals surface area contributed by atoms with E-state index < -0.39 is 10.2 Å². The van der Waals surface area contributed by atoms with Gasteiger partial charge in [-0.25, -0.2) is 5.14 Å². The molecule has 1 aromatic rings. The van der Waals surface area contributed by atoms with E-state index in [0.717, 1.165) is 18.5 Å². The smallest absolute Gasteiger partial charge is 0.260 e. The molecule has 1 aliphatic rings. The average Bonchev–Trinajstić information content (AvgIpc) is 2.97. The molecule has 1 aliphatic carbocycles. The van der Waals surface area contributed by atoms with Gasteiger partial charge in [0.05, 0.1) is 12.2 Å². The van der Waals surface area contributed by atoms with Crippen molar-refractivity contribution in [1.82, 2.24) is 9.29 Å². The van der Waals surface area contributed by atoms with Crippen LogP contribution < -0.4 is 5.14 Å². The maximum Gasteiger partial charge on any atom is 0.277 e. The Balaban J connectivity index is 2.14. The number of aromatic nitrogens is 1. The van der Waals surface area contributed by atoms with Crippen LogP contribution in [0.4, 0.5) is 0 Å². The second-order valence-corrected chi connectivity index (χ2v) is 5.14. The second kappa shape index (κ2) is 3.88. The first-order chi connectivity index (χ1) is 7.07. The number of hydrogen-bond acceptors (Lipinski definition) is 3. The van der Waals surface area contributed by atoms with Gasteiger partial charge in [0.15, 0.2) is 0 Å². The summed E-state index contributed by atoms with van der Waals surface area (Å²) < 4.78 is 23.9. The van der Waals surface area contributed by atoms with E-state index in [9.17, 15) is 8.42 Å². The van der Waals surface area contributed by atoms with Gasteiger partial charge < -0.3 is 0 Å². The molecular formula is C9H13N3O2S. The Labute approximate surface area is 89.1 Å². The van der Waals surface area contributed by atoms with Crippen LogP contribution in [0.25, 0.3) is 0 Å². The van der Waals surface area contributed by atoms with Crippen molar-refractivity contribution in [2.24, 2.45) is 5.14 Å². The third kappa shape index (κ3) is 2.74. The van der Waals surface area contributed by atoms with Crippen molar-refractivity contribution >= 4 is 10.2 Å². The van der Waals surface area contributed by atoms with Gasteiger partial charge in [0.2, 0.25) is 0 Å². The highest BCUT2D eigenvalue weighted by atomic mass is 32.2. The van der Waals surface area contributed by atoms with E-state index in [4.69, 9.17) is 5.14 Å². The largest absolute Gasteiger partial charge is 0.277 e. The quantitative estimate of drug-likeness (QED) is 0.801. The van der Waals surface area contributed by atoms with E-state index in [2.05, 4.69) is 4.98 Å². The Bertz CT molecular complexity index is 428. The van der Waals surface area contributed by atoms with Crippen molar-refractivity contribution < 1.29 is 8.42 Å². The highest BCUT2D eigenvalue weighted by Crippen LogP contribution is 2.29. The first-order valence-corrected chi connectivity index (χ1v) is 6.27. The van der Waals surface area contributed by atoms with Crippen molar-refractivity contribution in [3.05, 3.63) is 30.1 Å². The highest BCUT2D eigenvalue weighted by molar-refractivity contribution is 7.86. The minimum Gasteiger partial charge on any atom is -0.260 e. The zero-order valence-corrected chi connectivity index (χ0v) is 9.02. The van der Waals surface area contributed by atoms with Gasteiger partial charge in [-0.3, -0.25) is 4.98 Å². The zero-order valence-electron chi connectivity index (χ0n) is 8.20. The Morgan fingerprint density at radius 3 is 2.67 bits per heavy atom.